The van der Waals surface area contributed by atoms with Crippen LogP contribution < -0.4 is 11.3 Å². The lowest BCUT2D eigenvalue weighted by Gasteiger charge is -2.19. The quantitative estimate of drug-likeness (QED) is 0.608. The molecule has 1 unspecified atom stereocenters. The number of hydrazine groups is 1. The minimum atomic E-state index is -0.384. The molecule has 0 aliphatic heterocycles. The molecule has 0 aliphatic rings. The van der Waals surface area contributed by atoms with Crippen LogP contribution in [0.5, 0.6) is 0 Å². The molecule has 0 heterocycles. The molecule has 2 aromatic rings. The van der Waals surface area contributed by atoms with Gasteiger partial charge in [0.05, 0.1) is 11.1 Å². The lowest BCUT2D eigenvalue weighted by Crippen LogP contribution is -2.30. The Hall–Kier alpha value is -0.940. The number of hydrogen-bond donors (Lipinski definition) is 2. The number of halogens is 3. The Kier molecular flexibility index (Phi) is 5.38. The topological polar surface area (TPSA) is 38.0 Å². The fraction of sp³-hybridized carbons (Fsp3) is 0.250. The Morgan fingerprint density at radius 2 is 1.90 bits per heavy atom. The lowest BCUT2D eigenvalue weighted by atomic mass is 9.96. The van der Waals surface area contributed by atoms with Crippen LogP contribution in [0.2, 0.25) is 5.02 Å². The van der Waals surface area contributed by atoms with Crippen molar-refractivity contribution >= 4 is 27.5 Å². The van der Waals surface area contributed by atoms with E-state index in [9.17, 15) is 4.39 Å². The highest BCUT2D eigenvalue weighted by Gasteiger charge is 2.16. The molecule has 0 saturated heterocycles. The van der Waals surface area contributed by atoms with Crippen LogP contribution in [-0.4, -0.2) is 0 Å². The molecule has 2 rings (SSSR count). The molecule has 0 fully saturated rings. The van der Waals surface area contributed by atoms with Gasteiger partial charge in [-0.15, -0.1) is 0 Å². The molecular formula is C16H17BrClFN2. The van der Waals surface area contributed by atoms with Crippen LogP contribution >= 0.6 is 27.5 Å². The van der Waals surface area contributed by atoms with Crippen LogP contribution in [0.1, 0.15) is 28.3 Å². The zero-order valence-corrected chi connectivity index (χ0v) is 14.2. The smallest absolute Gasteiger partial charge is 0.145 e. The second-order valence-electron chi connectivity index (χ2n) is 5.11. The van der Waals surface area contributed by atoms with Gasteiger partial charge < -0.3 is 0 Å². The summed E-state index contributed by atoms with van der Waals surface area (Å²) < 4.78 is 15.1. The first-order valence-corrected chi connectivity index (χ1v) is 7.76. The summed E-state index contributed by atoms with van der Waals surface area (Å²) >= 11 is 9.37. The summed E-state index contributed by atoms with van der Waals surface area (Å²) in [4.78, 5) is 0. The van der Waals surface area contributed by atoms with Gasteiger partial charge in [0.2, 0.25) is 0 Å². The fourth-order valence-electron chi connectivity index (χ4n) is 2.38. The van der Waals surface area contributed by atoms with Gasteiger partial charge in [0, 0.05) is 4.47 Å². The first-order chi connectivity index (χ1) is 9.93. The van der Waals surface area contributed by atoms with E-state index in [1.807, 2.05) is 26.0 Å². The zero-order valence-electron chi connectivity index (χ0n) is 11.9. The van der Waals surface area contributed by atoms with Crippen molar-refractivity contribution in [1.82, 2.24) is 5.43 Å². The van der Waals surface area contributed by atoms with E-state index in [1.54, 1.807) is 18.2 Å². The van der Waals surface area contributed by atoms with Crippen molar-refractivity contribution in [2.75, 3.05) is 0 Å². The maximum Gasteiger partial charge on any atom is 0.145 e. The number of hydrogen-bond acceptors (Lipinski definition) is 2. The van der Waals surface area contributed by atoms with Crippen molar-refractivity contribution in [3.8, 4) is 0 Å². The van der Waals surface area contributed by atoms with Crippen LogP contribution in [0.4, 0.5) is 4.39 Å². The molecule has 0 radical (unpaired) electrons. The summed E-state index contributed by atoms with van der Waals surface area (Å²) in [6.45, 7) is 4.04. The Bertz CT molecular complexity index is 638. The zero-order chi connectivity index (χ0) is 15.6. The van der Waals surface area contributed by atoms with Gasteiger partial charge in [0.25, 0.3) is 0 Å². The van der Waals surface area contributed by atoms with E-state index >= 15 is 0 Å². The molecule has 21 heavy (non-hydrogen) atoms. The van der Waals surface area contributed by atoms with E-state index in [0.29, 0.717) is 12.0 Å². The first kappa shape index (κ1) is 16.4. The number of nitrogens with two attached hydrogens (primary N) is 1. The Morgan fingerprint density at radius 1 is 1.29 bits per heavy atom. The molecule has 2 nitrogen and oxygen atoms in total. The van der Waals surface area contributed by atoms with E-state index < -0.39 is 0 Å². The van der Waals surface area contributed by atoms with Crippen LogP contribution in [-0.2, 0) is 6.42 Å². The highest BCUT2D eigenvalue weighted by molar-refractivity contribution is 9.10. The molecule has 0 spiro atoms. The SMILES string of the molecule is Cc1cc(C(Cc2cccc(Cl)c2F)NN)cc(C)c1Br. The molecule has 0 amide bonds. The largest absolute Gasteiger partial charge is 0.271 e. The van der Waals surface area contributed by atoms with Crippen LogP contribution in [0.3, 0.4) is 0 Å². The first-order valence-electron chi connectivity index (χ1n) is 6.59. The van der Waals surface area contributed by atoms with Crippen LogP contribution in [0.15, 0.2) is 34.8 Å². The average Bonchev–Trinajstić information content (AvgIpc) is 2.46. The monoisotopic (exact) mass is 370 g/mol. The number of rotatable bonds is 4. The second-order valence-corrected chi connectivity index (χ2v) is 6.31. The molecule has 0 saturated carbocycles. The fourth-order valence-corrected chi connectivity index (χ4v) is 2.80. The normalized spacial score (nSPS) is 12.5. The van der Waals surface area contributed by atoms with Gasteiger partial charge in [0.15, 0.2) is 0 Å². The molecule has 0 aliphatic carbocycles. The summed E-state index contributed by atoms with van der Waals surface area (Å²) in [7, 11) is 0. The standard InChI is InChI=1S/C16H17BrClFN2/c1-9-6-12(7-10(2)15(9)17)14(21-20)8-11-4-3-5-13(18)16(11)19/h3-7,14,21H,8,20H2,1-2H3. The highest BCUT2D eigenvalue weighted by Crippen LogP contribution is 2.28. The van der Waals surface area contributed by atoms with Crippen molar-refractivity contribution in [3.05, 3.63) is 67.9 Å². The molecule has 112 valence electrons. The van der Waals surface area contributed by atoms with Crippen molar-refractivity contribution in [1.29, 1.82) is 0 Å². The minimum absolute atomic E-state index is 0.131. The molecule has 2 aromatic carbocycles. The lowest BCUT2D eigenvalue weighted by molar-refractivity contribution is 0.529. The van der Waals surface area contributed by atoms with Gasteiger partial charge in [-0.05, 0) is 48.6 Å². The maximum absolute atomic E-state index is 14.0. The molecule has 0 bridgehead atoms. The summed E-state index contributed by atoms with van der Waals surface area (Å²) in [5.41, 5.74) is 6.57. The third kappa shape index (κ3) is 3.64. The third-order valence-electron chi connectivity index (χ3n) is 3.52. The predicted octanol–water partition coefficient (Wildman–Crippen LogP) is 4.61. The van der Waals surface area contributed by atoms with Gasteiger partial charge >= 0.3 is 0 Å². The Labute approximate surface area is 137 Å². The minimum Gasteiger partial charge on any atom is -0.271 e. The van der Waals surface area contributed by atoms with Crippen LogP contribution in [0, 0.1) is 19.7 Å². The Morgan fingerprint density at radius 3 is 2.48 bits per heavy atom. The highest BCUT2D eigenvalue weighted by atomic mass is 79.9. The van der Waals surface area contributed by atoms with Gasteiger partial charge in [-0.25, -0.2) is 4.39 Å². The number of aryl methyl sites for hydroxylation is 2. The third-order valence-corrected chi connectivity index (χ3v) is 5.06. The molecule has 1 atom stereocenters. The molecular weight excluding hydrogens is 355 g/mol. The summed E-state index contributed by atoms with van der Waals surface area (Å²) in [5.74, 6) is 5.28. The number of benzene rings is 2. The summed E-state index contributed by atoms with van der Waals surface area (Å²) in [5, 5.41) is 0.131. The van der Waals surface area contributed by atoms with Gasteiger partial charge in [-0.2, -0.15) is 0 Å². The van der Waals surface area contributed by atoms with Crippen molar-refractivity contribution < 1.29 is 4.39 Å². The van der Waals surface area contributed by atoms with Crippen molar-refractivity contribution in [2.24, 2.45) is 5.84 Å². The van der Waals surface area contributed by atoms with Crippen LogP contribution in [0.25, 0.3) is 0 Å². The van der Waals surface area contributed by atoms with E-state index in [-0.39, 0.29) is 16.9 Å². The molecule has 3 N–H and O–H groups in total. The Balaban J connectivity index is 2.34. The molecule has 5 heteroatoms. The van der Waals surface area contributed by atoms with Crippen molar-refractivity contribution in [3.63, 3.8) is 0 Å². The van der Waals surface area contributed by atoms with E-state index in [1.165, 1.54) is 0 Å². The van der Waals surface area contributed by atoms with Crippen molar-refractivity contribution in [2.45, 2.75) is 26.3 Å². The van der Waals surface area contributed by atoms with E-state index in [0.717, 1.165) is 21.2 Å². The number of nitrogens with one attached hydrogen (secondary N) is 1. The van der Waals surface area contributed by atoms with Gasteiger partial charge in [-0.1, -0.05) is 51.8 Å². The summed E-state index contributed by atoms with van der Waals surface area (Å²) in [6.07, 6.45) is 0.434. The predicted molar refractivity (Wildman–Crippen MR) is 88.8 cm³/mol. The maximum atomic E-state index is 14.0. The molecule has 0 aromatic heterocycles. The second kappa shape index (κ2) is 6.88. The van der Waals surface area contributed by atoms with E-state index in [2.05, 4.69) is 21.4 Å². The van der Waals surface area contributed by atoms with Gasteiger partial charge in [-0.3, -0.25) is 11.3 Å². The van der Waals surface area contributed by atoms with E-state index in [4.69, 9.17) is 17.4 Å². The summed E-state index contributed by atoms with van der Waals surface area (Å²) in [6, 6.07) is 8.92. The van der Waals surface area contributed by atoms with Gasteiger partial charge in [0.1, 0.15) is 5.82 Å². The average molecular weight is 372 g/mol.